The molecule has 0 heterocycles. The highest BCUT2D eigenvalue weighted by atomic mass is 19.1. The summed E-state index contributed by atoms with van der Waals surface area (Å²) in [6.07, 6.45) is 6.20. The summed E-state index contributed by atoms with van der Waals surface area (Å²) in [5, 5.41) is 0. The minimum absolute atomic E-state index is 0.344. The maximum atomic E-state index is 14.4. The lowest BCUT2D eigenvalue weighted by atomic mass is 10.0. The van der Waals surface area contributed by atoms with E-state index < -0.39 is 0 Å². The summed E-state index contributed by atoms with van der Waals surface area (Å²) in [6.45, 7) is 4.26. The lowest BCUT2D eigenvalue weighted by Gasteiger charge is -2.01. The number of hydrogen-bond acceptors (Lipinski definition) is 0. The van der Waals surface area contributed by atoms with Crippen LogP contribution in [0.2, 0.25) is 0 Å². The normalized spacial score (nSPS) is 9.97. The van der Waals surface area contributed by atoms with Crippen LogP contribution in [0.5, 0.6) is 0 Å². The summed E-state index contributed by atoms with van der Waals surface area (Å²) in [7, 11) is 0. The van der Waals surface area contributed by atoms with Crippen LogP contribution in [-0.2, 0) is 6.42 Å². The Hall–Kier alpha value is -3.29. The average Bonchev–Trinajstić information content (AvgIpc) is 2.76. The van der Waals surface area contributed by atoms with Gasteiger partial charge in [0.1, 0.15) is 5.82 Å². The minimum atomic E-state index is -0.344. The van der Waals surface area contributed by atoms with E-state index >= 15 is 0 Å². The molecule has 0 spiro atoms. The Bertz CT molecular complexity index is 1080. The van der Waals surface area contributed by atoms with Crippen LogP contribution in [0.1, 0.15) is 66.0 Å². The summed E-state index contributed by atoms with van der Waals surface area (Å²) in [4.78, 5) is 0. The van der Waals surface area contributed by atoms with Gasteiger partial charge in [0.05, 0.1) is 5.56 Å². The second-order valence-corrected chi connectivity index (χ2v) is 7.57. The molecule has 0 atom stereocenters. The van der Waals surface area contributed by atoms with Gasteiger partial charge in [0, 0.05) is 16.7 Å². The van der Waals surface area contributed by atoms with Crippen molar-refractivity contribution in [3.05, 3.63) is 106 Å². The lowest BCUT2D eigenvalue weighted by Crippen LogP contribution is -1.87. The molecule has 0 aliphatic carbocycles. The first-order valence-corrected chi connectivity index (χ1v) is 10.6. The predicted octanol–water partition coefficient (Wildman–Crippen LogP) is 7.06. The summed E-state index contributed by atoms with van der Waals surface area (Å²) < 4.78 is 14.4. The number of hydrogen-bond donors (Lipinski definition) is 0. The van der Waals surface area contributed by atoms with E-state index in [1.807, 2.05) is 49.4 Å². The Balaban J connectivity index is 1.64. The molecule has 0 aromatic heterocycles. The Morgan fingerprint density at radius 1 is 0.667 bits per heavy atom. The third-order valence-corrected chi connectivity index (χ3v) is 4.99. The lowest BCUT2D eigenvalue weighted by molar-refractivity contribution is 0.624. The second kappa shape index (κ2) is 11.0. The van der Waals surface area contributed by atoms with Gasteiger partial charge in [-0.2, -0.15) is 0 Å². The van der Waals surface area contributed by atoms with Crippen molar-refractivity contribution in [2.24, 2.45) is 0 Å². The first kappa shape index (κ1) is 21.4. The van der Waals surface area contributed by atoms with Gasteiger partial charge in [0.2, 0.25) is 0 Å². The molecule has 0 fully saturated rings. The van der Waals surface area contributed by atoms with Crippen molar-refractivity contribution < 1.29 is 4.39 Å². The van der Waals surface area contributed by atoms with Crippen molar-refractivity contribution in [1.29, 1.82) is 0 Å². The van der Waals surface area contributed by atoms with Gasteiger partial charge >= 0.3 is 0 Å². The van der Waals surface area contributed by atoms with Crippen molar-refractivity contribution in [2.75, 3.05) is 0 Å². The van der Waals surface area contributed by atoms with Gasteiger partial charge in [0.25, 0.3) is 0 Å². The highest BCUT2D eigenvalue weighted by Gasteiger charge is 2.00. The molecule has 3 aromatic rings. The zero-order valence-corrected chi connectivity index (χ0v) is 17.8. The van der Waals surface area contributed by atoms with Gasteiger partial charge in [-0.05, 0) is 67.8 Å². The molecule has 0 N–H and O–H groups in total. The van der Waals surface area contributed by atoms with Crippen LogP contribution in [-0.4, -0.2) is 0 Å². The van der Waals surface area contributed by atoms with E-state index in [9.17, 15) is 4.39 Å². The smallest absolute Gasteiger partial charge is 0.140 e. The van der Waals surface area contributed by atoms with Crippen molar-refractivity contribution >= 4 is 0 Å². The van der Waals surface area contributed by atoms with Gasteiger partial charge in [-0.25, -0.2) is 4.39 Å². The van der Waals surface area contributed by atoms with Crippen molar-refractivity contribution in [3.8, 4) is 23.7 Å². The Morgan fingerprint density at radius 2 is 1.27 bits per heavy atom. The number of benzene rings is 3. The molecule has 1 heteroatoms. The fraction of sp³-hybridized carbons (Fsp3) is 0.241. The number of rotatable bonds is 5. The molecule has 30 heavy (non-hydrogen) atoms. The zero-order valence-electron chi connectivity index (χ0n) is 17.8. The molecule has 150 valence electrons. The number of halogens is 1. The van der Waals surface area contributed by atoms with E-state index in [1.54, 1.807) is 6.07 Å². The van der Waals surface area contributed by atoms with Crippen LogP contribution in [0.4, 0.5) is 4.39 Å². The molecule has 0 amide bonds. The Labute approximate surface area is 180 Å². The van der Waals surface area contributed by atoms with Gasteiger partial charge in [-0.1, -0.05) is 79.7 Å². The zero-order chi connectivity index (χ0) is 21.2. The fourth-order valence-corrected chi connectivity index (χ4v) is 3.13. The van der Waals surface area contributed by atoms with E-state index in [-0.39, 0.29) is 5.82 Å². The number of aryl methyl sites for hydroxylation is 2. The first-order chi connectivity index (χ1) is 14.6. The molecule has 0 aliphatic heterocycles. The van der Waals surface area contributed by atoms with Gasteiger partial charge < -0.3 is 0 Å². The van der Waals surface area contributed by atoms with Crippen molar-refractivity contribution in [1.82, 2.24) is 0 Å². The van der Waals surface area contributed by atoms with Gasteiger partial charge in [0.15, 0.2) is 0 Å². The van der Waals surface area contributed by atoms with Crippen LogP contribution in [0, 0.1) is 36.4 Å². The molecule has 0 aliphatic rings. The largest absolute Gasteiger partial charge is 0.206 e. The fourth-order valence-electron chi connectivity index (χ4n) is 3.13. The summed E-state index contributed by atoms with van der Waals surface area (Å²) >= 11 is 0. The number of unbranched alkanes of at least 4 members (excludes halogenated alkanes) is 3. The van der Waals surface area contributed by atoms with Gasteiger partial charge in [-0.15, -0.1) is 0 Å². The van der Waals surface area contributed by atoms with Crippen molar-refractivity contribution in [3.63, 3.8) is 0 Å². The SMILES string of the molecule is CCCCCCc1ccc(C#Cc2ccc(C#Cc3ccc(C)cc3)c(F)c2)cc1. The van der Waals surface area contributed by atoms with Crippen LogP contribution in [0.25, 0.3) is 0 Å². The first-order valence-electron chi connectivity index (χ1n) is 10.6. The van der Waals surface area contributed by atoms with Crippen LogP contribution in [0.15, 0.2) is 66.7 Å². The van der Waals surface area contributed by atoms with E-state index in [4.69, 9.17) is 0 Å². The van der Waals surface area contributed by atoms with Crippen molar-refractivity contribution in [2.45, 2.75) is 46.0 Å². The molecular formula is C29H27F. The maximum absolute atomic E-state index is 14.4. The molecule has 0 bridgehead atoms. The summed E-state index contributed by atoms with van der Waals surface area (Å²) in [5.74, 6) is 11.7. The minimum Gasteiger partial charge on any atom is -0.206 e. The quantitative estimate of drug-likeness (QED) is 0.321. The predicted molar refractivity (Wildman–Crippen MR) is 124 cm³/mol. The van der Waals surface area contributed by atoms with E-state index in [1.165, 1.54) is 42.9 Å². The van der Waals surface area contributed by atoms with E-state index in [0.717, 1.165) is 17.5 Å². The molecule has 0 nitrogen and oxygen atoms in total. The Kier molecular flexibility index (Phi) is 7.88. The Morgan fingerprint density at radius 3 is 1.93 bits per heavy atom. The van der Waals surface area contributed by atoms with Crippen LogP contribution in [0.3, 0.4) is 0 Å². The molecule has 3 rings (SSSR count). The maximum Gasteiger partial charge on any atom is 0.140 e. The average molecular weight is 395 g/mol. The molecule has 0 saturated carbocycles. The van der Waals surface area contributed by atoms with Gasteiger partial charge in [-0.3, -0.25) is 0 Å². The monoisotopic (exact) mass is 394 g/mol. The standard InChI is InChI=1S/C29H27F/c1-3-4-5-6-7-24-12-14-26(15-13-24)16-17-27-19-21-28(29(30)22-27)20-18-25-10-8-23(2)9-11-25/h8-15,19,21-22H,3-7H2,1-2H3. The highest BCUT2D eigenvalue weighted by molar-refractivity contribution is 5.49. The van der Waals surface area contributed by atoms with Crippen LogP contribution >= 0.6 is 0 Å². The topological polar surface area (TPSA) is 0 Å². The third-order valence-electron chi connectivity index (χ3n) is 4.99. The van der Waals surface area contributed by atoms with Crippen LogP contribution < -0.4 is 0 Å². The van der Waals surface area contributed by atoms with E-state index in [0.29, 0.717) is 11.1 Å². The van der Waals surface area contributed by atoms with E-state index in [2.05, 4.69) is 42.7 Å². The molecule has 0 saturated heterocycles. The summed E-state index contributed by atoms with van der Waals surface area (Å²) in [6, 6.07) is 21.2. The summed E-state index contributed by atoms with van der Waals surface area (Å²) in [5.41, 5.74) is 5.37. The molecule has 0 unspecified atom stereocenters. The molecule has 0 radical (unpaired) electrons. The highest BCUT2D eigenvalue weighted by Crippen LogP contribution is 2.11. The molecule has 3 aromatic carbocycles. The molecular weight excluding hydrogens is 367 g/mol. The third kappa shape index (κ3) is 6.65. The second-order valence-electron chi connectivity index (χ2n) is 7.57.